The van der Waals surface area contributed by atoms with Crippen molar-refractivity contribution in [3.8, 4) is 0 Å². The van der Waals surface area contributed by atoms with Crippen molar-refractivity contribution in [2.24, 2.45) is 7.05 Å². The largest absolute Gasteiger partial charge is 0.316 e. The van der Waals surface area contributed by atoms with Gasteiger partial charge in [-0.05, 0) is 42.6 Å². The van der Waals surface area contributed by atoms with E-state index in [1.54, 1.807) is 22.8 Å². The standard InChI is InChI=1S/C11H13BrN4S/c1-13-6-8-5-9(12)3-4-10(8)17-11-14-7-15-16(11)2/h3-5,7,13H,6H2,1-2H3. The van der Waals surface area contributed by atoms with Gasteiger partial charge in [0.25, 0.3) is 0 Å². The molecule has 2 aromatic rings. The van der Waals surface area contributed by atoms with Gasteiger partial charge in [-0.3, -0.25) is 0 Å². The molecule has 0 aliphatic rings. The first-order valence-electron chi connectivity index (χ1n) is 5.15. The summed E-state index contributed by atoms with van der Waals surface area (Å²) in [6.07, 6.45) is 1.57. The number of hydrogen-bond acceptors (Lipinski definition) is 4. The molecule has 1 aromatic heterocycles. The number of nitrogens with zero attached hydrogens (tertiary/aromatic N) is 3. The molecule has 0 aliphatic carbocycles. The topological polar surface area (TPSA) is 42.7 Å². The van der Waals surface area contributed by atoms with E-state index >= 15 is 0 Å². The van der Waals surface area contributed by atoms with Crippen LogP contribution in [0.2, 0.25) is 0 Å². The number of halogens is 1. The Hall–Kier alpha value is -0.850. The highest BCUT2D eigenvalue weighted by Gasteiger charge is 2.08. The lowest BCUT2D eigenvalue weighted by Crippen LogP contribution is -2.06. The van der Waals surface area contributed by atoms with Gasteiger partial charge in [0.2, 0.25) is 0 Å². The van der Waals surface area contributed by atoms with Crippen molar-refractivity contribution >= 4 is 27.7 Å². The molecule has 1 heterocycles. The fourth-order valence-corrected chi connectivity index (χ4v) is 2.74. The molecule has 0 unspecified atom stereocenters. The summed E-state index contributed by atoms with van der Waals surface area (Å²) in [4.78, 5) is 5.41. The molecule has 4 nitrogen and oxygen atoms in total. The summed E-state index contributed by atoms with van der Waals surface area (Å²) in [5, 5.41) is 8.13. The Balaban J connectivity index is 2.29. The summed E-state index contributed by atoms with van der Waals surface area (Å²) < 4.78 is 2.86. The van der Waals surface area contributed by atoms with Gasteiger partial charge in [-0.1, -0.05) is 15.9 Å². The Morgan fingerprint density at radius 1 is 1.47 bits per heavy atom. The molecular formula is C11H13BrN4S. The van der Waals surface area contributed by atoms with E-state index in [4.69, 9.17) is 0 Å². The van der Waals surface area contributed by atoms with E-state index in [2.05, 4.69) is 43.5 Å². The lowest BCUT2D eigenvalue weighted by Gasteiger charge is -2.08. The number of hydrogen-bond donors (Lipinski definition) is 1. The molecule has 0 atom stereocenters. The average Bonchev–Trinajstić information content (AvgIpc) is 2.69. The third kappa shape index (κ3) is 3.08. The molecule has 1 aromatic carbocycles. The Morgan fingerprint density at radius 3 is 2.94 bits per heavy atom. The van der Waals surface area contributed by atoms with E-state index in [1.807, 2.05) is 20.2 Å². The zero-order valence-electron chi connectivity index (χ0n) is 9.64. The lowest BCUT2D eigenvalue weighted by atomic mass is 10.2. The van der Waals surface area contributed by atoms with Gasteiger partial charge in [0, 0.05) is 23.0 Å². The maximum Gasteiger partial charge on any atom is 0.190 e. The van der Waals surface area contributed by atoms with E-state index in [1.165, 1.54) is 10.5 Å². The molecule has 2 rings (SSSR count). The zero-order valence-corrected chi connectivity index (χ0v) is 12.0. The highest BCUT2D eigenvalue weighted by molar-refractivity contribution is 9.10. The summed E-state index contributed by atoms with van der Waals surface area (Å²) in [6, 6.07) is 6.25. The minimum Gasteiger partial charge on any atom is -0.316 e. The molecular weight excluding hydrogens is 300 g/mol. The van der Waals surface area contributed by atoms with Crippen LogP contribution >= 0.6 is 27.7 Å². The second-order valence-electron chi connectivity index (χ2n) is 3.55. The Kier molecular flexibility index (Phi) is 4.20. The summed E-state index contributed by atoms with van der Waals surface area (Å²) in [7, 11) is 3.84. The summed E-state index contributed by atoms with van der Waals surface area (Å²) in [5.41, 5.74) is 1.25. The number of benzene rings is 1. The van der Waals surface area contributed by atoms with Crippen LogP contribution in [0.5, 0.6) is 0 Å². The van der Waals surface area contributed by atoms with E-state index < -0.39 is 0 Å². The van der Waals surface area contributed by atoms with Gasteiger partial charge in [0.1, 0.15) is 6.33 Å². The molecule has 0 saturated heterocycles. The van der Waals surface area contributed by atoms with Crippen LogP contribution in [-0.2, 0) is 13.6 Å². The van der Waals surface area contributed by atoms with Gasteiger partial charge in [-0.2, -0.15) is 5.10 Å². The molecule has 0 fully saturated rings. The molecule has 0 radical (unpaired) electrons. The molecule has 0 saturated carbocycles. The maximum absolute atomic E-state index is 4.22. The minimum atomic E-state index is 0.833. The fraction of sp³-hybridized carbons (Fsp3) is 0.273. The van der Waals surface area contributed by atoms with Crippen LogP contribution in [0.3, 0.4) is 0 Å². The van der Waals surface area contributed by atoms with E-state index in [0.717, 1.165) is 16.2 Å². The van der Waals surface area contributed by atoms with Gasteiger partial charge < -0.3 is 5.32 Å². The van der Waals surface area contributed by atoms with Gasteiger partial charge in [0.05, 0.1) is 0 Å². The van der Waals surface area contributed by atoms with Crippen LogP contribution in [0, 0.1) is 0 Å². The van der Waals surface area contributed by atoms with Crippen LogP contribution in [0.1, 0.15) is 5.56 Å². The predicted molar refractivity (Wildman–Crippen MR) is 72.0 cm³/mol. The molecule has 0 spiro atoms. The lowest BCUT2D eigenvalue weighted by molar-refractivity contribution is 0.684. The zero-order chi connectivity index (χ0) is 12.3. The van der Waals surface area contributed by atoms with Crippen LogP contribution in [0.15, 0.2) is 39.1 Å². The van der Waals surface area contributed by atoms with Gasteiger partial charge in [-0.15, -0.1) is 0 Å². The molecule has 6 heteroatoms. The van der Waals surface area contributed by atoms with Crippen molar-refractivity contribution in [1.82, 2.24) is 20.1 Å². The molecule has 0 amide bonds. The van der Waals surface area contributed by atoms with Crippen molar-refractivity contribution < 1.29 is 0 Å². The van der Waals surface area contributed by atoms with E-state index in [-0.39, 0.29) is 0 Å². The maximum atomic E-state index is 4.22. The second kappa shape index (κ2) is 5.66. The monoisotopic (exact) mass is 312 g/mol. The number of aromatic nitrogens is 3. The normalized spacial score (nSPS) is 10.8. The Labute approximate surface area is 113 Å². The van der Waals surface area contributed by atoms with Crippen LogP contribution in [0.25, 0.3) is 0 Å². The minimum absolute atomic E-state index is 0.833. The third-order valence-corrected chi connectivity index (χ3v) is 3.92. The summed E-state index contributed by atoms with van der Waals surface area (Å²) >= 11 is 5.11. The van der Waals surface area contributed by atoms with Crippen molar-refractivity contribution in [2.75, 3.05) is 7.05 Å². The number of nitrogens with one attached hydrogen (secondary N) is 1. The van der Waals surface area contributed by atoms with Crippen molar-refractivity contribution in [1.29, 1.82) is 0 Å². The van der Waals surface area contributed by atoms with Gasteiger partial charge in [0.15, 0.2) is 5.16 Å². The number of rotatable bonds is 4. The Bertz CT molecular complexity index is 512. The van der Waals surface area contributed by atoms with Crippen LogP contribution < -0.4 is 5.32 Å². The van der Waals surface area contributed by atoms with E-state index in [0.29, 0.717) is 0 Å². The highest BCUT2D eigenvalue weighted by atomic mass is 79.9. The molecule has 0 aliphatic heterocycles. The first-order valence-corrected chi connectivity index (χ1v) is 6.76. The van der Waals surface area contributed by atoms with Gasteiger partial charge >= 0.3 is 0 Å². The predicted octanol–water partition coefficient (Wildman–Crippen LogP) is 2.45. The Morgan fingerprint density at radius 2 is 2.29 bits per heavy atom. The molecule has 1 N–H and O–H groups in total. The quantitative estimate of drug-likeness (QED) is 0.941. The van der Waals surface area contributed by atoms with Crippen LogP contribution in [-0.4, -0.2) is 21.8 Å². The fourth-order valence-electron chi connectivity index (χ4n) is 1.45. The van der Waals surface area contributed by atoms with Crippen molar-refractivity contribution in [2.45, 2.75) is 16.6 Å². The third-order valence-electron chi connectivity index (χ3n) is 2.26. The van der Waals surface area contributed by atoms with Crippen molar-refractivity contribution in [3.63, 3.8) is 0 Å². The smallest absolute Gasteiger partial charge is 0.190 e. The first kappa shape index (κ1) is 12.6. The van der Waals surface area contributed by atoms with Crippen molar-refractivity contribution in [3.05, 3.63) is 34.6 Å². The molecule has 90 valence electrons. The van der Waals surface area contributed by atoms with Gasteiger partial charge in [-0.25, -0.2) is 9.67 Å². The first-order chi connectivity index (χ1) is 8.20. The van der Waals surface area contributed by atoms with E-state index in [9.17, 15) is 0 Å². The highest BCUT2D eigenvalue weighted by Crippen LogP contribution is 2.30. The molecule has 0 bridgehead atoms. The SMILES string of the molecule is CNCc1cc(Br)ccc1Sc1ncnn1C. The second-order valence-corrected chi connectivity index (χ2v) is 5.48. The average molecular weight is 313 g/mol. The number of aryl methyl sites for hydroxylation is 1. The molecule has 17 heavy (non-hydrogen) atoms. The van der Waals surface area contributed by atoms with Crippen LogP contribution in [0.4, 0.5) is 0 Å². The summed E-state index contributed by atoms with van der Waals surface area (Å²) in [6.45, 7) is 0.833. The summed E-state index contributed by atoms with van der Waals surface area (Å²) in [5.74, 6) is 0.